The molecule has 5 N–H and O–H groups in total. The average molecular weight is 288 g/mol. The van der Waals surface area contributed by atoms with Crippen LogP contribution in [0.1, 0.15) is 20.7 Å². The van der Waals surface area contributed by atoms with Crippen molar-refractivity contribution in [2.75, 3.05) is 18.6 Å². The number of ether oxygens (including phenoxy) is 1. The van der Waals surface area contributed by atoms with E-state index in [4.69, 9.17) is 16.6 Å². The number of hydrogen-bond acceptors (Lipinski definition) is 5. The lowest BCUT2D eigenvalue weighted by molar-refractivity contribution is 0.0601. The second-order valence-corrected chi connectivity index (χ2v) is 4.01. The molecule has 21 heavy (non-hydrogen) atoms. The third-order valence-electron chi connectivity index (χ3n) is 2.52. The van der Waals surface area contributed by atoms with Crippen molar-refractivity contribution in [3.8, 4) is 0 Å². The van der Waals surface area contributed by atoms with Gasteiger partial charge in [-0.05, 0) is 36.4 Å². The van der Waals surface area contributed by atoms with Crippen molar-refractivity contribution >= 4 is 23.3 Å². The Morgan fingerprint density at radius 3 is 2.05 bits per heavy atom. The van der Waals surface area contributed by atoms with Gasteiger partial charge in [0.2, 0.25) is 0 Å². The van der Waals surface area contributed by atoms with Crippen LogP contribution in [0.25, 0.3) is 0 Å². The zero-order valence-corrected chi connectivity index (χ0v) is 11.4. The zero-order valence-electron chi connectivity index (χ0n) is 11.4. The van der Waals surface area contributed by atoms with E-state index in [9.17, 15) is 9.59 Å². The first kappa shape index (κ1) is 16.0. The molecule has 0 aliphatic carbocycles. The van der Waals surface area contributed by atoms with Crippen LogP contribution in [-0.4, -0.2) is 24.2 Å². The molecule has 0 aliphatic rings. The van der Waals surface area contributed by atoms with Crippen LogP contribution in [0, 0.1) is 0 Å². The number of methoxy groups -OCH3 is 1. The summed E-state index contributed by atoms with van der Waals surface area (Å²) in [6.07, 6.45) is 0. The molecule has 0 aromatic heterocycles. The maximum absolute atomic E-state index is 10.9. The first-order valence-corrected chi connectivity index (χ1v) is 5.97. The third-order valence-corrected chi connectivity index (χ3v) is 2.52. The molecule has 110 valence electrons. The second kappa shape index (κ2) is 7.54. The van der Waals surface area contributed by atoms with Gasteiger partial charge in [0.1, 0.15) is 0 Å². The summed E-state index contributed by atoms with van der Waals surface area (Å²) >= 11 is 0. The number of carboxylic acids is 1. The Kier molecular flexibility index (Phi) is 5.76. The molecule has 0 unspecified atom stereocenters. The number of carboxylic acid groups (broad SMARTS) is 1. The number of nitrogen functional groups attached to an aromatic ring is 2. The molecule has 2 aromatic carbocycles. The highest BCUT2D eigenvalue weighted by Crippen LogP contribution is 2.10. The van der Waals surface area contributed by atoms with Gasteiger partial charge in [-0.25, -0.2) is 9.59 Å². The molecule has 0 radical (unpaired) electrons. The van der Waals surface area contributed by atoms with Crippen molar-refractivity contribution in [3.05, 3.63) is 59.7 Å². The number of para-hydroxylation sites is 1. The predicted octanol–water partition coefficient (Wildman–Crippen LogP) is 2.02. The Morgan fingerprint density at radius 2 is 1.57 bits per heavy atom. The Labute approximate surface area is 121 Å². The number of rotatable bonds is 2. The minimum absolute atomic E-state index is 0.259. The monoisotopic (exact) mass is 288 g/mol. The fraction of sp³-hybridized carbons (Fsp3) is 0.0667. The van der Waals surface area contributed by atoms with Crippen LogP contribution in [-0.2, 0) is 4.74 Å². The predicted molar refractivity (Wildman–Crippen MR) is 80.0 cm³/mol. The van der Waals surface area contributed by atoms with E-state index in [-0.39, 0.29) is 5.56 Å². The lowest BCUT2D eigenvalue weighted by Gasteiger charge is -2.00. The van der Waals surface area contributed by atoms with Crippen LogP contribution in [0.3, 0.4) is 0 Å². The molecule has 0 bridgehead atoms. The van der Waals surface area contributed by atoms with Crippen LogP contribution in [0.2, 0.25) is 0 Å². The number of nitrogens with two attached hydrogens (primary N) is 2. The smallest absolute Gasteiger partial charge is 0.339 e. The first-order valence-electron chi connectivity index (χ1n) is 5.97. The fourth-order valence-corrected chi connectivity index (χ4v) is 1.42. The van der Waals surface area contributed by atoms with Crippen molar-refractivity contribution in [2.24, 2.45) is 0 Å². The summed E-state index contributed by atoms with van der Waals surface area (Å²) in [7, 11) is 1.33. The molecular weight excluding hydrogens is 272 g/mol. The Bertz CT molecular complexity index is 624. The van der Waals surface area contributed by atoms with Gasteiger partial charge in [0.25, 0.3) is 0 Å². The quantitative estimate of drug-likeness (QED) is 0.575. The summed E-state index contributed by atoms with van der Waals surface area (Å²) in [5, 5.41) is 8.43. The van der Waals surface area contributed by atoms with Gasteiger partial charge < -0.3 is 21.3 Å². The van der Waals surface area contributed by atoms with Crippen LogP contribution in [0.5, 0.6) is 0 Å². The largest absolute Gasteiger partial charge is 0.478 e. The minimum atomic E-state index is -0.931. The van der Waals surface area contributed by atoms with E-state index in [2.05, 4.69) is 4.74 Å². The number of anilines is 2. The summed E-state index contributed by atoms with van der Waals surface area (Å²) in [5.74, 6) is -1.33. The van der Waals surface area contributed by atoms with Gasteiger partial charge in [0.05, 0.1) is 18.2 Å². The van der Waals surface area contributed by atoms with Gasteiger partial charge in [-0.1, -0.05) is 12.1 Å². The van der Waals surface area contributed by atoms with Crippen LogP contribution in [0.15, 0.2) is 48.5 Å². The van der Waals surface area contributed by atoms with E-state index in [1.54, 1.807) is 36.4 Å². The van der Waals surface area contributed by atoms with E-state index >= 15 is 0 Å². The minimum Gasteiger partial charge on any atom is -0.478 e. The fourth-order valence-electron chi connectivity index (χ4n) is 1.42. The molecule has 0 saturated heterocycles. The highest BCUT2D eigenvalue weighted by molar-refractivity contribution is 5.94. The van der Waals surface area contributed by atoms with Gasteiger partial charge >= 0.3 is 11.9 Å². The number of carbonyl (C=O) groups excluding carboxylic acids is 1. The van der Waals surface area contributed by atoms with Crippen molar-refractivity contribution in [3.63, 3.8) is 0 Å². The van der Waals surface area contributed by atoms with Crippen molar-refractivity contribution in [1.82, 2.24) is 0 Å². The van der Waals surface area contributed by atoms with Crippen LogP contribution >= 0.6 is 0 Å². The van der Waals surface area contributed by atoms with Crippen LogP contribution < -0.4 is 11.5 Å². The molecule has 2 rings (SSSR count). The maximum Gasteiger partial charge on any atom is 0.339 e. The summed E-state index contributed by atoms with van der Waals surface area (Å²) < 4.78 is 4.50. The van der Waals surface area contributed by atoms with Crippen LogP contribution in [0.4, 0.5) is 11.4 Å². The molecule has 0 atom stereocenters. The maximum atomic E-state index is 10.9. The molecule has 2 aromatic rings. The molecule has 0 spiro atoms. The van der Waals surface area contributed by atoms with Gasteiger partial charge in [0.15, 0.2) is 0 Å². The lowest BCUT2D eigenvalue weighted by atomic mass is 10.2. The van der Waals surface area contributed by atoms with Crippen molar-refractivity contribution < 1.29 is 19.4 Å². The van der Waals surface area contributed by atoms with Crippen molar-refractivity contribution in [2.45, 2.75) is 0 Å². The number of esters is 1. The zero-order chi connectivity index (χ0) is 15.8. The molecule has 0 aliphatic heterocycles. The Morgan fingerprint density at radius 1 is 1.00 bits per heavy atom. The standard InChI is InChI=1S/C8H9NO2.C7H7NO2/c1-11-8(10)6-4-2-3-5-7(6)9;8-6-3-1-5(2-4-6)7(9)10/h2-5H,9H2,1H3;1-4H,8H2,(H,9,10). The molecule has 0 fully saturated rings. The number of hydrogen-bond donors (Lipinski definition) is 3. The molecule has 0 amide bonds. The van der Waals surface area contributed by atoms with E-state index < -0.39 is 11.9 Å². The molecule has 6 heteroatoms. The Balaban J connectivity index is 0.000000211. The molecule has 0 saturated carbocycles. The van der Waals surface area contributed by atoms with Gasteiger partial charge in [-0.15, -0.1) is 0 Å². The van der Waals surface area contributed by atoms with Gasteiger partial charge in [0, 0.05) is 11.4 Å². The van der Waals surface area contributed by atoms with E-state index in [1.165, 1.54) is 19.2 Å². The average Bonchev–Trinajstić information content (AvgIpc) is 2.48. The van der Waals surface area contributed by atoms with E-state index in [0.717, 1.165) is 0 Å². The summed E-state index contributed by atoms with van der Waals surface area (Å²) in [4.78, 5) is 21.2. The highest BCUT2D eigenvalue weighted by Gasteiger charge is 2.06. The number of aromatic carboxylic acids is 1. The first-order chi connectivity index (χ1) is 9.95. The van der Waals surface area contributed by atoms with Gasteiger partial charge in [-0.3, -0.25) is 0 Å². The highest BCUT2D eigenvalue weighted by atomic mass is 16.5. The van der Waals surface area contributed by atoms with Gasteiger partial charge in [-0.2, -0.15) is 0 Å². The Hall–Kier alpha value is -3.02. The van der Waals surface area contributed by atoms with E-state index in [0.29, 0.717) is 16.9 Å². The number of carbonyl (C=O) groups is 2. The molecule has 6 nitrogen and oxygen atoms in total. The molecule has 0 heterocycles. The van der Waals surface area contributed by atoms with E-state index in [1.807, 2.05) is 0 Å². The summed E-state index contributed by atoms with van der Waals surface area (Å²) in [6.45, 7) is 0. The molecular formula is C15H16N2O4. The van der Waals surface area contributed by atoms with Crippen molar-refractivity contribution in [1.29, 1.82) is 0 Å². The summed E-state index contributed by atoms with van der Waals surface area (Å²) in [5.41, 5.74) is 12.5. The SMILES string of the molecule is COC(=O)c1ccccc1N.Nc1ccc(C(=O)O)cc1. The third kappa shape index (κ3) is 4.87. The summed E-state index contributed by atoms with van der Waals surface area (Å²) in [6, 6.07) is 12.8. The lowest BCUT2D eigenvalue weighted by Crippen LogP contribution is -2.04. The second-order valence-electron chi connectivity index (χ2n) is 4.01. The topological polar surface area (TPSA) is 116 Å². The normalized spacial score (nSPS) is 9.19. The number of benzene rings is 2.